The van der Waals surface area contributed by atoms with Gasteiger partial charge < -0.3 is 14.9 Å². The van der Waals surface area contributed by atoms with E-state index in [-0.39, 0.29) is 5.56 Å². The maximum absolute atomic E-state index is 13.8. The fraction of sp³-hybridized carbons (Fsp3) is 0.600. The molecule has 3 N–H and O–H groups in total. The number of hydrogen-bond acceptors (Lipinski definition) is 5. The number of rotatable bonds is 2. The molecule has 2 heterocycles. The Morgan fingerprint density at radius 1 is 1.56 bits per heavy atom. The van der Waals surface area contributed by atoms with Crippen LogP contribution in [0.1, 0.15) is 11.8 Å². The Bertz CT molecular complexity index is 554. The zero-order chi connectivity index (χ0) is 13.4. The third-order valence-electron chi connectivity index (χ3n) is 2.89. The third kappa shape index (κ3) is 1.98. The fourth-order valence-corrected chi connectivity index (χ4v) is 1.85. The van der Waals surface area contributed by atoms with Crippen LogP contribution in [0.25, 0.3) is 0 Å². The molecule has 8 heteroatoms. The van der Waals surface area contributed by atoms with Crippen molar-refractivity contribution in [3.8, 4) is 0 Å². The number of aliphatic hydroxyl groups excluding tert-OH is 2. The van der Waals surface area contributed by atoms with Gasteiger partial charge in [0.05, 0.1) is 6.61 Å². The first-order chi connectivity index (χ1) is 8.45. The van der Waals surface area contributed by atoms with Crippen molar-refractivity contribution in [3.05, 3.63) is 32.6 Å². The molecule has 0 aliphatic carbocycles. The Labute approximate surface area is 100 Å². The van der Waals surface area contributed by atoms with Crippen LogP contribution in [0.3, 0.4) is 0 Å². The average molecular weight is 259 g/mol. The van der Waals surface area contributed by atoms with E-state index in [0.29, 0.717) is 0 Å². The third-order valence-corrected chi connectivity index (χ3v) is 2.89. The lowest BCUT2D eigenvalue weighted by molar-refractivity contribution is -0.0492. The highest BCUT2D eigenvalue weighted by molar-refractivity contribution is 5.03. The molecule has 0 saturated carbocycles. The molecule has 1 saturated heterocycles. The van der Waals surface area contributed by atoms with Crippen molar-refractivity contribution in [2.75, 3.05) is 6.61 Å². The Balaban J connectivity index is 2.42. The van der Waals surface area contributed by atoms with Crippen molar-refractivity contribution < 1.29 is 19.3 Å². The van der Waals surface area contributed by atoms with Gasteiger partial charge >= 0.3 is 5.69 Å². The molecule has 1 unspecified atom stereocenters. The van der Waals surface area contributed by atoms with Gasteiger partial charge in [0.2, 0.25) is 0 Å². The Kier molecular flexibility index (Phi) is 3.33. The molecular weight excluding hydrogens is 246 g/mol. The summed E-state index contributed by atoms with van der Waals surface area (Å²) in [7, 11) is 0. The lowest BCUT2D eigenvalue weighted by Gasteiger charge is -2.15. The number of nitrogens with one attached hydrogen (secondary N) is 1. The number of alkyl halides is 1. The zero-order valence-corrected chi connectivity index (χ0v) is 9.54. The van der Waals surface area contributed by atoms with Crippen molar-refractivity contribution in [2.24, 2.45) is 0 Å². The second-order valence-electron chi connectivity index (χ2n) is 4.16. The number of halogens is 1. The van der Waals surface area contributed by atoms with Crippen molar-refractivity contribution in [2.45, 2.75) is 31.5 Å². The van der Waals surface area contributed by atoms with E-state index in [0.717, 1.165) is 10.8 Å². The van der Waals surface area contributed by atoms with E-state index in [1.54, 1.807) is 0 Å². The van der Waals surface area contributed by atoms with Gasteiger partial charge in [-0.3, -0.25) is 14.3 Å². The summed E-state index contributed by atoms with van der Waals surface area (Å²) in [6.45, 7) is 0.895. The van der Waals surface area contributed by atoms with Crippen molar-refractivity contribution >= 4 is 0 Å². The summed E-state index contributed by atoms with van der Waals surface area (Å²) >= 11 is 0. The summed E-state index contributed by atoms with van der Waals surface area (Å²) in [5.74, 6) is 0. The van der Waals surface area contributed by atoms with E-state index in [9.17, 15) is 19.1 Å². The second kappa shape index (κ2) is 4.63. The topological polar surface area (TPSA) is 105 Å². The highest BCUT2D eigenvalue weighted by Crippen LogP contribution is 2.30. The van der Waals surface area contributed by atoms with Crippen molar-refractivity contribution in [1.82, 2.24) is 9.55 Å². The van der Waals surface area contributed by atoms with Gasteiger partial charge in [-0.2, -0.15) is 0 Å². The highest BCUT2D eigenvalue weighted by atomic mass is 18.2. The molecule has 100 valence electrons. The molecule has 1 aliphatic rings. The molecule has 0 spiro atoms. The van der Waals surface area contributed by atoms with Crippen LogP contribution < -0.4 is 11.2 Å². The summed E-state index contributed by atoms with van der Waals surface area (Å²) in [5.41, 5.74) is -1.18. The minimum absolute atomic E-state index is 0.215. The van der Waals surface area contributed by atoms with E-state index < -0.39 is 42.5 Å². The van der Waals surface area contributed by atoms with Crippen LogP contribution in [0.2, 0.25) is 0 Å². The van der Waals surface area contributed by atoms with Crippen LogP contribution in [-0.2, 0) is 4.74 Å². The number of aliphatic hydroxyl groups is 2. The molecule has 0 radical (unpaired) electrons. The summed E-state index contributed by atoms with van der Waals surface area (Å²) in [6, 6.07) is 0. The highest BCUT2D eigenvalue weighted by Gasteiger charge is 2.45. The van der Waals surface area contributed by atoms with E-state index in [2.05, 4.69) is 0 Å². The summed E-state index contributed by atoms with van der Waals surface area (Å²) in [4.78, 5) is 24.7. The van der Waals surface area contributed by atoms with Crippen LogP contribution in [0.15, 0.2) is 15.8 Å². The van der Waals surface area contributed by atoms with Crippen molar-refractivity contribution in [3.63, 3.8) is 0 Å². The maximum Gasteiger partial charge on any atom is 0.330 e. The lowest BCUT2D eigenvalue weighted by atomic mass is 10.1. The quantitative estimate of drug-likeness (QED) is 0.595. The monoisotopic (exact) mass is 259 g/mol. The molecule has 1 aromatic rings. The Hall–Kier alpha value is -1.51. The summed E-state index contributed by atoms with van der Waals surface area (Å²) < 4.78 is 19.7. The standard InChI is InChI=1S/C10H13FN2O5/c1-4-2-13(10(17)12-8(4)16)9-6(11)7(15)5(3-14)18-9/h2,5-7,9,14-15H,3H2,1H3,(H,12,16,17)/t5-,6+,7-,9?/m0/s1/i11-1. The molecule has 1 aromatic heterocycles. The molecule has 0 bridgehead atoms. The van der Waals surface area contributed by atoms with E-state index >= 15 is 0 Å². The van der Waals surface area contributed by atoms with Gasteiger partial charge in [-0.15, -0.1) is 0 Å². The van der Waals surface area contributed by atoms with Crippen LogP contribution in [0.4, 0.5) is 4.39 Å². The predicted molar refractivity (Wildman–Crippen MR) is 58.0 cm³/mol. The largest absolute Gasteiger partial charge is 0.394 e. The SMILES string of the molecule is Cc1cn(C2O[C@@H](CO)[C@H](O)[C@H]2[18F])c(=O)[nH]c1=O. The lowest BCUT2D eigenvalue weighted by Crippen LogP contribution is -2.36. The van der Waals surface area contributed by atoms with Gasteiger partial charge in [-0.05, 0) is 6.92 Å². The second-order valence-corrected chi connectivity index (χ2v) is 4.16. The number of hydrogen-bond donors (Lipinski definition) is 3. The molecule has 7 nitrogen and oxygen atoms in total. The van der Waals surface area contributed by atoms with E-state index in [4.69, 9.17) is 9.84 Å². The number of aromatic nitrogens is 2. The number of aromatic amines is 1. The number of H-pyrrole nitrogens is 1. The number of ether oxygens (including phenoxy) is 1. The molecule has 1 fully saturated rings. The molecular formula is C10H13FN2O5. The van der Waals surface area contributed by atoms with Crippen LogP contribution in [0.5, 0.6) is 0 Å². The van der Waals surface area contributed by atoms with Gasteiger partial charge in [0, 0.05) is 11.8 Å². The van der Waals surface area contributed by atoms with Crippen LogP contribution in [0, 0.1) is 6.92 Å². The average Bonchev–Trinajstić information content (AvgIpc) is 2.61. The van der Waals surface area contributed by atoms with Gasteiger partial charge in [0.15, 0.2) is 12.4 Å². The van der Waals surface area contributed by atoms with Crippen molar-refractivity contribution in [1.29, 1.82) is 0 Å². The van der Waals surface area contributed by atoms with Gasteiger partial charge in [0.25, 0.3) is 5.56 Å². The van der Waals surface area contributed by atoms with E-state index in [1.807, 2.05) is 4.98 Å². The van der Waals surface area contributed by atoms with Gasteiger partial charge in [0.1, 0.15) is 12.2 Å². The van der Waals surface area contributed by atoms with Gasteiger partial charge in [-0.1, -0.05) is 0 Å². The van der Waals surface area contributed by atoms with E-state index in [1.165, 1.54) is 6.92 Å². The summed E-state index contributed by atoms with van der Waals surface area (Å²) in [6.07, 6.45) is -4.67. The number of aryl methyl sites for hydroxylation is 1. The van der Waals surface area contributed by atoms with Crippen LogP contribution in [-0.4, -0.2) is 44.8 Å². The molecule has 18 heavy (non-hydrogen) atoms. The first-order valence-electron chi connectivity index (χ1n) is 5.36. The Morgan fingerprint density at radius 3 is 2.78 bits per heavy atom. The molecule has 2 rings (SSSR count). The molecule has 0 aromatic carbocycles. The Morgan fingerprint density at radius 2 is 2.22 bits per heavy atom. The van der Waals surface area contributed by atoms with Gasteiger partial charge in [-0.25, -0.2) is 9.18 Å². The normalized spacial score (nSPS) is 31.8. The van der Waals surface area contributed by atoms with Crippen LogP contribution >= 0.6 is 0 Å². The minimum atomic E-state index is -1.86. The summed E-state index contributed by atoms with van der Waals surface area (Å²) in [5, 5.41) is 18.3. The first-order valence-corrected chi connectivity index (χ1v) is 5.36. The predicted octanol–water partition coefficient (Wildman–Crippen LogP) is -1.57. The first kappa shape index (κ1) is 12.9. The fourth-order valence-electron chi connectivity index (χ4n) is 1.85. The minimum Gasteiger partial charge on any atom is -0.394 e. The molecule has 4 atom stereocenters. The molecule has 0 amide bonds. The maximum atomic E-state index is 13.8. The number of nitrogens with zero attached hydrogens (tertiary/aromatic N) is 1. The smallest absolute Gasteiger partial charge is 0.330 e. The zero-order valence-electron chi connectivity index (χ0n) is 9.54. The molecule has 1 aliphatic heterocycles.